The number of aromatic nitrogens is 2. The monoisotopic (exact) mass is 430 g/mol. The minimum atomic E-state index is -0.0279. The maximum absolute atomic E-state index is 5.73. The molecule has 6 N–H and O–H groups in total. The number of rotatable bonds is 10. The zero-order valence-electron chi connectivity index (χ0n) is 19.4. The molecule has 1 heterocycles. The van der Waals surface area contributed by atoms with E-state index in [1.54, 1.807) is 0 Å². The molecule has 6 nitrogen and oxygen atoms in total. The van der Waals surface area contributed by atoms with Gasteiger partial charge in [0.15, 0.2) is 0 Å². The van der Waals surface area contributed by atoms with Crippen molar-refractivity contribution in [1.29, 1.82) is 0 Å². The van der Waals surface area contributed by atoms with Crippen molar-refractivity contribution < 1.29 is 0 Å². The number of nitrogens with two attached hydrogens (primary N) is 1. The van der Waals surface area contributed by atoms with Gasteiger partial charge in [-0.25, -0.2) is 0 Å². The summed E-state index contributed by atoms with van der Waals surface area (Å²) in [6.07, 6.45) is 1.93. The highest BCUT2D eigenvalue weighted by Gasteiger charge is 2.18. The highest BCUT2D eigenvalue weighted by molar-refractivity contribution is 5.66. The van der Waals surface area contributed by atoms with Gasteiger partial charge in [-0.2, -0.15) is 5.10 Å². The van der Waals surface area contributed by atoms with Crippen LogP contribution in [0, 0.1) is 19.3 Å². The summed E-state index contributed by atoms with van der Waals surface area (Å²) in [6, 6.07) is 18.6. The molecule has 6 heteroatoms. The maximum atomic E-state index is 5.73. The lowest BCUT2D eigenvalue weighted by Crippen LogP contribution is -2.34. The molecule has 0 aliphatic heterocycles. The number of allylic oxidation sites excluding steroid dienone is 1. The van der Waals surface area contributed by atoms with Crippen LogP contribution < -0.4 is 21.9 Å². The fourth-order valence-corrected chi connectivity index (χ4v) is 3.21. The van der Waals surface area contributed by atoms with Gasteiger partial charge in [0.2, 0.25) is 0 Å². The van der Waals surface area contributed by atoms with Crippen molar-refractivity contribution in [2.45, 2.75) is 27.7 Å². The van der Waals surface area contributed by atoms with Gasteiger partial charge < -0.3 is 16.1 Å². The molecule has 0 radical (unpaired) electrons. The second-order valence-electron chi connectivity index (χ2n) is 9.00. The number of hydrogen-bond donors (Lipinski definition) is 5. The van der Waals surface area contributed by atoms with E-state index in [9.17, 15) is 0 Å². The van der Waals surface area contributed by atoms with Crippen LogP contribution in [-0.4, -0.2) is 23.3 Å². The highest BCUT2D eigenvalue weighted by atomic mass is 15.2. The molecule has 0 saturated heterocycles. The smallest absolute Gasteiger partial charge is 0.148 e. The van der Waals surface area contributed by atoms with Crippen molar-refractivity contribution >= 4 is 11.5 Å². The molecular formula is C26H34N6. The Morgan fingerprint density at radius 3 is 2.28 bits per heavy atom. The van der Waals surface area contributed by atoms with Crippen LogP contribution in [0.2, 0.25) is 0 Å². The first-order valence-corrected chi connectivity index (χ1v) is 10.8. The van der Waals surface area contributed by atoms with Gasteiger partial charge in [0.1, 0.15) is 5.82 Å². The third-order valence-corrected chi connectivity index (χ3v) is 5.32. The van der Waals surface area contributed by atoms with E-state index in [0.717, 1.165) is 47.1 Å². The minimum Gasteiger partial charge on any atom is -0.385 e. The maximum Gasteiger partial charge on any atom is 0.148 e. The average Bonchev–Trinajstić information content (AvgIpc) is 3.25. The van der Waals surface area contributed by atoms with E-state index in [1.165, 1.54) is 11.1 Å². The molecule has 1 aromatic heterocycles. The van der Waals surface area contributed by atoms with E-state index in [0.29, 0.717) is 0 Å². The summed E-state index contributed by atoms with van der Waals surface area (Å²) in [5.41, 5.74) is 9.95. The summed E-state index contributed by atoms with van der Waals surface area (Å²) in [7, 11) is 0. The number of nitrogens with zero attached hydrogens (tertiary/aromatic N) is 1. The second-order valence-corrected chi connectivity index (χ2v) is 9.00. The summed E-state index contributed by atoms with van der Waals surface area (Å²) >= 11 is 0. The number of aryl methyl sites for hydroxylation is 2. The zero-order valence-corrected chi connectivity index (χ0v) is 19.4. The molecule has 0 saturated carbocycles. The second kappa shape index (κ2) is 10.2. The lowest BCUT2D eigenvalue weighted by Gasteiger charge is -2.26. The number of aromatic amines is 1. The van der Waals surface area contributed by atoms with Crippen molar-refractivity contribution in [1.82, 2.24) is 20.9 Å². The van der Waals surface area contributed by atoms with Crippen molar-refractivity contribution in [3.8, 4) is 11.3 Å². The first kappa shape index (κ1) is 23.2. The summed E-state index contributed by atoms with van der Waals surface area (Å²) in [5, 5.41) is 14.3. The molecule has 0 spiro atoms. The summed E-state index contributed by atoms with van der Waals surface area (Å²) in [5.74, 6) is 6.56. The first-order chi connectivity index (χ1) is 15.3. The first-order valence-electron chi connectivity index (χ1n) is 10.8. The Bertz CT molecular complexity index is 1060. The topological polar surface area (TPSA) is 90.8 Å². The molecule has 168 valence electrons. The number of hydrogen-bond acceptors (Lipinski definition) is 5. The van der Waals surface area contributed by atoms with Crippen LogP contribution in [0.4, 0.5) is 5.82 Å². The number of anilines is 1. The van der Waals surface area contributed by atoms with Crippen LogP contribution in [-0.2, 0) is 0 Å². The van der Waals surface area contributed by atoms with E-state index in [2.05, 4.69) is 96.9 Å². The Kier molecular flexibility index (Phi) is 7.38. The third kappa shape index (κ3) is 6.49. The van der Waals surface area contributed by atoms with E-state index in [4.69, 9.17) is 5.84 Å². The average molecular weight is 431 g/mol. The number of benzene rings is 2. The molecule has 0 aliphatic carbocycles. The van der Waals surface area contributed by atoms with Crippen molar-refractivity contribution in [3.63, 3.8) is 0 Å². The molecule has 32 heavy (non-hydrogen) atoms. The molecule has 2 aromatic carbocycles. The standard InChI is InChI=1S/C26H34N6/c1-18-6-10-21(11-7-18)23(30-27)14-20(3)28-16-26(4,5)17-29-25-15-24(31-32-25)22-12-8-19(2)9-13-22/h6-15,28,30H,3,16-17,27H2,1-2,4-5H3,(H2,29,31,32)/b23-14-. The number of nitrogens with one attached hydrogen (secondary N) is 4. The van der Waals surface area contributed by atoms with E-state index in [1.807, 2.05) is 24.3 Å². The molecular weight excluding hydrogens is 396 g/mol. The van der Waals surface area contributed by atoms with Crippen LogP contribution in [0.1, 0.15) is 30.5 Å². The predicted molar refractivity (Wildman–Crippen MR) is 135 cm³/mol. The minimum absolute atomic E-state index is 0.0279. The SMILES string of the molecule is C=C(/C=C(\NN)c1ccc(C)cc1)NCC(C)(C)CNc1cc(-c2ccc(C)cc2)[nH]n1. The molecule has 0 atom stereocenters. The summed E-state index contributed by atoms with van der Waals surface area (Å²) in [6.45, 7) is 14.2. The van der Waals surface area contributed by atoms with Gasteiger partial charge in [0.25, 0.3) is 0 Å². The lowest BCUT2D eigenvalue weighted by atomic mass is 9.93. The lowest BCUT2D eigenvalue weighted by molar-refractivity contribution is 0.379. The predicted octanol–water partition coefficient (Wildman–Crippen LogP) is 4.74. The van der Waals surface area contributed by atoms with E-state index >= 15 is 0 Å². The Hall–Kier alpha value is -3.51. The third-order valence-electron chi connectivity index (χ3n) is 5.32. The largest absolute Gasteiger partial charge is 0.385 e. The van der Waals surface area contributed by atoms with E-state index < -0.39 is 0 Å². The quantitative estimate of drug-likeness (QED) is 0.182. The van der Waals surface area contributed by atoms with Gasteiger partial charge in [-0.1, -0.05) is 80.1 Å². The molecule has 0 amide bonds. The van der Waals surface area contributed by atoms with E-state index in [-0.39, 0.29) is 5.41 Å². The van der Waals surface area contributed by atoms with Gasteiger partial charge in [-0.15, -0.1) is 0 Å². The Labute approximate surface area is 191 Å². The highest BCUT2D eigenvalue weighted by Crippen LogP contribution is 2.22. The summed E-state index contributed by atoms with van der Waals surface area (Å²) in [4.78, 5) is 0. The number of hydrazine groups is 1. The molecule has 3 aromatic rings. The van der Waals surface area contributed by atoms with Crippen LogP contribution in [0.3, 0.4) is 0 Å². The van der Waals surface area contributed by atoms with Crippen LogP contribution >= 0.6 is 0 Å². The Morgan fingerprint density at radius 1 is 1.03 bits per heavy atom. The molecule has 0 fully saturated rings. The fraction of sp³-hybridized carbons (Fsp3) is 0.269. The van der Waals surface area contributed by atoms with Gasteiger partial charge in [0.05, 0.1) is 11.4 Å². The van der Waals surface area contributed by atoms with Crippen molar-refractivity contribution in [2.75, 3.05) is 18.4 Å². The van der Waals surface area contributed by atoms with Gasteiger partial charge in [-0.3, -0.25) is 10.9 Å². The zero-order chi connectivity index (χ0) is 23.1. The fourth-order valence-electron chi connectivity index (χ4n) is 3.21. The molecule has 0 unspecified atom stereocenters. The number of H-pyrrole nitrogens is 1. The molecule has 0 bridgehead atoms. The van der Waals surface area contributed by atoms with Gasteiger partial charge in [-0.05, 0) is 36.5 Å². The molecule has 3 rings (SSSR count). The Morgan fingerprint density at radius 2 is 1.66 bits per heavy atom. The van der Waals surface area contributed by atoms with Gasteiger partial charge in [0, 0.05) is 24.9 Å². The normalized spacial score (nSPS) is 11.8. The van der Waals surface area contributed by atoms with Crippen LogP contribution in [0.15, 0.2) is 72.9 Å². The molecule has 0 aliphatic rings. The Balaban J connectivity index is 1.53. The summed E-state index contributed by atoms with van der Waals surface area (Å²) < 4.78 is 0. The van der Waals surface area contributed by atoms with Gasteiger partial charge >= 0.3 is 0 Å². The van der Waals surface area contributed by atoms with Crippen molar-refractivity contribution in [2.24, 2.45) is 11.3 Å². The van der Waals surface area contributed by atoms with Crippen LogP contribution in [0.25, 0.3) is 17.0 Å². The van der Waals surface area contributed by atoms with Crippen molar-refractivity contribution in [3.05, 3.63) is 89.6 Å². The van der Waals surface area contributed by atoms with Crippen LogP contribution in [0.5, 0.6) is 0 Å².